The molecule has 3 aromatic heterocycles. The van der Waals surface area contributed by atoms with Crippen LogP contribution in [0.1, 0.15) is 0 Å². The van der Waals surface area contributed by atoms with Crippen LogP contribution in [0.25, 0.3) is 86.8 Å². The molecule has 5 heteroatoms. The first-order valence-electron chi connectivity index (χ1n) is 18.4. The van der Waals surface area contributed by atoms with E-state index in [0.29, 0.717) is 5.82 Å². The first kappa shape index (κ1) is 31.4. The van der Waals surface area contributed by atoms with Crippen LogP contribution < -0.4 is 4.90 Å². The van der Waals surface area contributed by atoms with E-state index in [1.807, 2.05) is 35.6 Å². The molecule has 0 atom stereocenters. The van der Waals surface area contributed by atoms with Crippen LogP contribution in [-0.4, -0.2) is 9.97 Å². The van der Waals surface area contributed by atoms with Gasteiger partial charge in [0, 0.05) is 48.6 Å². The van der Waals surface area contributed by atoms with Crippen molar-refractivity contribution in [1.29, 1.82) is 0 Å². The first-order chi connectivity index (χ1) is 27.3. The molecule has 0 N–H and O–H groups in total. The number of aromatic nitrogens is 2. The Kier molecular flexibility index (Phi) is 7.32. The van der Waals surface area contributed by atoms with E-state index >= 15 is 0 Å². The van der Waals surface area contributed by atoms with Crippen molar-refractivity contribution in [2.24, 2.45) is 0 Å². The molecule has 4 nitrogen and oxygen atoms in total. The third-order valence-corrected chi connectivity index (χ3v) is 11.7. The van der Waals surface area contributed by atoms with Gasteiger partial charge in [0.25, 0.3) is 0 Å². The van der Waals surface area contributed by atoms with Gasteiger partial charge in [0.2, 0.25) is 0 Å². The maximum Gasteiger partial charge on any atom is 0.160 e. The van der Waals surface area contributed by atoms with Gasteiger partial charge >= 0.3 is 0 Å². The normalized spacial score (nSPS) is 11.6. The molecular weight excluding hydrogens is 691 g/mol. The SMILES string of the molecule is c1ccc(-c2cc(-c3ccc(N(c4ccccc4)c4cccc5c4sc4ccccc45)c4oc5cc6ccccc6cc5c34)nc(-c3ccccc3)n2)cc1. The molecule has 0 aliphatic carbocycles. The molecule has 8 aromatic carbocycles. The van der Waals surface area contributed by atoms with Crippen LogP contribution in [0.5, 0.6) is 0 Å². The van der Waals surface area contributed by atoms with Crippen LogP contribution in [0.2, 0.25) is 0 Å². The van der Waals surface area contributed by atoms with Gasteiger partial charge < -0.3 is 9.32 Å². The number of furan rings is 1. The summed E-state index contributed by atoms with van der Waals surface area (Å²) in [6, 6.07) is 65.9. The molecule has 0 spiro atoms. The molecule has 11 rings (SSSR count). The van der Waals surface area contributed by atoms with Crippen molar-refractivity contribution >= 4 is 81.3 Å². The smallest absolute Gasteiger partial charge is 0.160 e. The standard InChI is InChI=1S/C50H31N3OS/c1-4-15-32(16-5-1)41-31-42(52-50(51-41)33-17-6-2-7-18-33)39-27-28-43(48-47(39)40-29-34-19-10-11-20-35(34)30-45(40)54-48)53(36-21-8-3-9-22-36)44-25-14-24-38-37-23-12-13-26-46(37)55-49(38)44/h1-31H. The van der Waals surface area contributed by atoms with E-state index < -0.39 is 0 Å². The van der Waals surface area contributed by atoms with Crippen LogP contribution >= 0.6 is 11.3 Å². The lowest BCUT2D eigenvalue weighted by molar-refractivity contribution is 0.669. The average molecular weight is 722 g/mol. The summed E-state index contributed by atoms with van der Waals surface area (Å²) in [6.07, 6.45) is 0. The Hall–Kier alpha value is -7.08. The average Bonchev–Trinajstić information content (AvgIpc) is 3.83. The fourth-order valence-electron chi connectivity index (χ4n) is 7.89. The van der Waals surface area contributed by atoms with Gasteiger partial charge in [0.15, 0.2) is 11.4 Å². The van der Waals surface area contributed by atoms with E-state index in [4.69, 9.17) is 14.4 Å². The van der Waals surface area contributed by atoms with Crippen LogP contribution in [0.15, 0.2) is 192 Å². The van der Waals surface area contributed by atoms with Crippen molar-refractivity contribution in [3.63, 3.8) is 0 Å². The molecule has 0 radical (unpaired) electrons. The van der Waals surface area contributed by atoms with Crippen molar-refractivity contribution in [3.05, 3.63) is 188 Å². The summed E-state index contributed by atoms with van der Waals surface area (Å²) >= 11 is 1.83. The maximum atomic E-state index is 7.10. The number of rotatable bonds is 6. The number of para-hydroxylation sites is 1. The number of hydrogen-bond acceptors (Lipinski definition) is 5. The summed E-state index contributed by atoms with van der Waals surface area (Å²) in [6.45, 7) is 0. The maximum absolute atomic E-state index is 7.10. The molecule has 0 unspecified atom stereocenters. The number of nitrogens with zero attached hydrogens (tertiary/aromatic N) is 3. The van der Waals surface area contributed by atoms with Crippen molar-refractivity contribution in [2.45, 2.75) is 0 Å². The highest BCUT2D eigenvalue weighted by atomic mass is 32.1. The minimum atomic E-state index is 0.676. The lowest BCUT2D eigenvalue weighted by Crippen LogP contribution is -2.10. The highest BCUT2D eigenvalue weighted by Crippen LogP contribution is 2.49. The van der Waals surface area contributed by atoms with E-state index in [1.165, 1.54) is 20.2 Å². The third kappa shape index (κ3) is 5.28. The number of fused-ring (bicyclic) bond motifs is 7. The zero-order valence-electron chi connectivity index (χ0n) is 29.6. The van der Waals surface area contributed by atoms with Gasteiger partial charge in [0.05, 0.1) is 27.5 Å². The molecule has 55 heavy (non-hydrogen) atoms. The molecule has 0 bridgehead atoms. The predicted octanol–water partition coefficient (Wildman–Crippen LogP) is 14.4. The topological polar surface area (TPSA) is 42.2 Å². The Morgan fingerprint density at radius 2 is 1.13 bits per heavy atom. The van der Waals surface area contributed by atoms with Gasteiger partial charge in [-0.3, -0.25) is 0 Å². The highest BCUT2D eigenvalue weighted by molar-refractivity contribution is 7.26. The Morgan fingerprint density at radius 3 is 1.93 bits per heavy atom. The molecule has 0 amide bonds. The second-order valence-corrected chi connectivity index (χ2v) is 14.8. The summed E-state index contributed by atoms with van der Waals surface area (Å²) in [5.41, 5.74) is 9.40. The van der Waals surface area contributed by atoms with Gasteiger partial charge in [-0.15, -0.1) is 11.3 Å². The second kappa shape index (κ2) is 12.8. The van der Waals surface area contributed by atoms with E-state index in [0.717, 1.165) is 77.9 Å². The Morgan fingerprint density at radius 1 is 0.473 bits per heavy atom. The van der Waals surface area contributed by atoms with Gasteiger partial charge in [-0.05, 0) is 65.4 Å². The van der Waals surface area contributed by atoms with E-state index in [-0.39, 0.29) is 0 Å². The zero-order valence-corrected chi connectivity index (χ0v) is 30.4. The lowest BCUT2D eigenvalue weighted by atomic mass is 9.98. The minimum Gasteiger partial charge on any atom is -0.454 e. The zero-order chi connectivity index (χ0) is 36.3. The largest absolute Gasteiger partial charge is 0.454 e. The molecule has 258 valence electrons. The molecule has 0 saturated carbocycles. The van der Waals surface area contributed by atoms with Crippen molar-refractivity contribution in [2.75, 3.05) is 4.90 Å². The quantitative estimate of drug-likeness (QED) is 0.171. The molecule has 0 aliphatic rings. The van der Waals surface area contributed by atoms with E-state index in [9.17, 15) is 0 Å². The monoisotopic (exact) mass is 721 g/mol. The molecule has 0 saturated heterocycles. The highest BCUT2D eigenvalue weighted by Gasteiger charge is 2.25. The summed E-state index contributed by atoms with van der Waals surface area (Å²) in [5.74, 6) is 0.676. The fourth-order valence-corrected chi connectivity index (χ4v) is 9.10. The molecule has 0 fully saturated rings. The van der Waals surface area contributed by atoms with Gasteiger partial charge in [-0.2, -0.15) is 0 Å². The second-order valence-electron chi connectivity index (χ2n) is 13.8. The number of hydrogen-bond donors (Lipinski definition) is 0. The Bertz CT molecular complexity index is 3150. The van der Waals surface area contributed by atoms with Crippen LogP contribution in [0.3, 0.4) is 0 Å². The molecule has 11 aromatic rings. The minimum absolute atomic E-state index is 0.676. The Labute approximate surface area is 321 Å². The van der Waals surface area contributed by atoms with Crippen molar-refractivity contribution in [3.8, 4) is 33.9 Å². The van der Waals surface area contributed by atoms with Crippen LogP contribution in [-0.2, 0) is 0 Å². The van der Waals surface area contributed by atoms with E-state index in [2.05, 4.69) is 169 Å². The van der Waals surface area contributed by atoms with Gasteiger partial charge in [0.1, 0.15) is 5.58 Å². The number of thiophene rings is 1. The van der Waals surface area contributed by atoms with Gasteiger partial charge in [-0.1, -0.05) is 133 Å². The fraction of sp³-hybridized carbons (Fsp3) is 0. The van der Waals surface area contributed by atoms with Crippen LogP contribution in [0.4, 0.5) is 17.1 Å². The molecular formula is C50H31N3OS. The summed E-state index contributed by atoms with van der Waals surface area (Å²) in [7, 11) is 0. The third-order valence-electron chi connectivity index (χ3n) is 10.4. The summed E-state index contributed by atoms with van der Waals surface area (Å²) < 4.78 is 9.59. The number of benzene rings is 8. The van der Waals surface area contributed by atoms with Crippen molar-refractivity contribution in [1.82, 2.24) is 9.97 Å². The lowest BCUT2D eigenvalue weighted by Gasteiger charge is -2.26. The Balaban J connectivity index is 1.23. The van der Waals surface area contributed by atoms with E-state index in [1.54, 1.807) is 0 Å². The van der Waals surface area contributed by atoms with Gasteiger partial charge in [-0.25, -0.2) is 9.97 Å². The van der Waals surface area contributed by atoms with Crippen LogP contribution in [0, 0.1) is 0 Å². The molecule has 3 heterocycles. The number of anilines is 3. The van der Waals surface area contributed by atoms with Crippen molar-refractivity contribution < 1.29 is 4.42 Å². The summed E-state index contributed by atoms with van der Waals surface area (Å²) in [4.78, 5) is 12.7. The molecule has 0 aliphatic heterocycles. The predicted molar refractivity (Wildman–Crippen MR) is 231 cm³/mol. The summed E-state index contributed by atoms with van der Waals surface area (Å²) in [5, 5.41) is 6.85. The first-order valence-corrected chi connectivity index (χ1v) is 19.2.